The first-order valence-corrected chi connectivity index (χ1v) is 8.42. The van der Waals surface area contributed by atoms with Gasteiger partial charge in [0.05, 0.1) is 28.1 Å². The molecule has 1 N–H and O–H groups in total. The van der Waals surface area contributed by atoms with Crippen LogP contribution in [-0.2, 0) is 24.9 Å². The molecule has 0 fully saturated rings. The number of hydrogen-bond donors (Lipinski definition) is 1. The molecule has 25 heavy (non-hydrogen) atoms. The molecule has 1 amide bonds. The highest BCUT2D eigenvalue weighted by Crippen LogP contribution is 2.19. The Kier molecular flexibility index (Phi) is 4.48. The summed E-state index contributed by atoms with van der Waals surface area (Å²) in [6.07, 6.45) is 0.855. The van der Waals surface area contributed by atoms with E-state index in [-0.39, 0.29) is 18.1 Å². The van der Waals surface area contributed by atoms with Crippen molar-refractivity contribution in [2.24, 2.45) is 7.05 Å². The zero-order valence-electron chi connectivity index (χ0n) is 15.0. The van der Waals surface area contributed by atoms with Crippen molar-refractivity contribution in [3.05, 3.63) is 46.1 Å². The summed E-state index contributed by atoms with van der Waals surface area (Å²) < 4.78 is 4.98. The van der Waals surface area contributed by atoms with E-state index in [1.54, 1.807) is 9.25 Å². The molecule has 7 nitrogen and oxygen atoms in total. The van der Waals surface area contributed by atoms with Crippen LogP contribution in [0.1, 0.15) is 24.7 Å². The van der Waals surface area contributed by atoms with E-state index in [4.69, 9.17) is 0 Å². The number of carbonyl (C=O) groups excluding carboxylic acids is 1. The van der Waals surface area contributed by atoms with E-state index in [1.807, 2.05) is 52.1 Å². The van der Waals surface area contributed by atoms with Crippen LogP contribution in [0.25, 0.3) is 11.0 Å². The van der Waals surface area contributed by atoms with Crippen LogP contribution in [-0.4, -0.2) is 24.8 Å². The quantitative estimate of drug-likeness (QED) is 0.773. The molecule has 0 atom stereocenters. The summed E-state index contributed by atoms with van der Waals surface area (Å²) in [6, 6.07) is 7.57. The maximum Gasteiger partial charge on any atom is 0.329 e. The molecule has 2 heterocycles. The molecule has 0 saturated heterocycles. The summed E-state index contributed by atoms with van der Waals surface area (Å²) in [4.78, 5) is 25.3. The molecule has 0 aliphatic rings. The number of aryl methyl sites for hydroxylation is 3. The van der Waals surface area contributed by atoms with Gasteiger partial charge in [-0.05, 0) is 32.4 Å². The van der Waals surface area contributed by atoms with Crippen molar-refractivity contribution in [1.82, 2.24) is 18.9 Å². The highest BCUT2D eigenvalue weighted by Gasteiger charge is 2.17. The van der Waals surface area contributed by atoms with Crippen LogP contribution < -0.4 is 11.0 Å². The SMILES string of the molecule is CCCn1c(=O)n(CC(=O)Nc2c(C)nn(C)c2C)c2ccccc21. The standard InChI is InChI=1S/C18H23N5O2/c1-5-10-22-14-8-6-7-9-15(14)23(18(22)25)11-16(24)19-17-12(2)20-21(4)13(17)3/h6-9H,5,10-11H2,1-4H3,(H,19,24). The van der Waals surface area contributed by atoms with Gasteiger partial charge in [0.15, 0.2) is 0 Å². The van der Waals surface area contributed by atoms with Crippen LogP contribution in [0.15, 0.2) is 29.1 Å². The Bertz CT molecular complexity index is 993. The predicted molar refractivity (Wildman–Crippen MR) is 97.8 cm³/mol. The minimum Gasteiger partial charge on any atom is -0.321 e. The number of nitrogens with one attached hydrogen (secondary N) is 1. The molecule has 0 unspecified atom stereocenters. The molecule has 1 aromatic carbocycles. The Hall–Kier alpha value is -2.83. The first-order valence-electron chi connectivity index (χ1n) is 8.42. The fraction of sp³-hybridized carbons (Fsp3) is 0.389. The first kappa shape index (κ1) is 17.0. The molecule has 2 aromatic heterocycles. The summed E-state index contributed by atoms with van der Waals surface area (Å²) in [5.74, 6) is -0.235. The van der Waals surface area contributed by atoms with Gasteiger partial charge in [-0.2, -0.15) is 5.10 Å². The monoisotopic (exact) mass is 341 g/mol. The van der Waals surface area contributed by atoms with Gasteiger partial charge in [0.25, 0.3) is 0 Å². The third-order valence-electron chi connectivity index (χ3n) is 4.45. The van der Waals surface area contributed by atoms with Crippen molar-refractivity contribution in [1.29, 1.82) is 0 Å². The average Bonchev–Trinajstić information content (AvgIpc) is 2.98. The molecule has 0 bridgehead atoms. The first-order chi connectivity index (χ1) is 11.9. The van der Waals surface area contributed by atoms with E-state index >= 15 is 0 Å². The third-order valence-corrected chi connectivity index (χ3v) is 4.45. The molecule has 0 aliphatic carbocycles. The number of carbonyl (C=O) groups is 1. The molecule has 0 saturated carbocycles. The second-order valence-corrected chi connectivity index (χ2v) is 6.23. The number of aromatic nitrogens is 4. The zero-order chi connectivity index (χ0) is 18.1. The molecule has 0 spiro atoms. The smallest absolute Gasteiger partial charge is 0.321 e. The van der Waals surface area contributed by atoms with Gasteiger partial charge < -0.3 is 5.32 Å². The molecular weight excluding hydrogens is 318 g/mol. The van der Waals surface area contributed by atoms with Gasteiger partial charge in [0.2, 0.25) is 5.91 Å². The van der Waals surface area contributed by atoms with Gasteiger partial charge in [-0.3, -0.25) is 18.6 Å². The van der Waals surface area contributed by atoms with Gasteiger partial charge in [0.1, 0.15) is 6.54 Å². The van der Waals surface area contributed by atoms with Gasteiger partial charge in [-0.15, -0.1) is 0 Å². The van der Waals surface area contributed by atoms with Crippen LogP contribution in [0.4, 0.5) is 5.69 Å². The Balaban J connectivity index is 1.94. The van der Waals surface area contributed by atoms with Crippen molar-refractivity contribution < 1.29 is 4.79 Å². The number of imidazole rings is 1. The molecule has 0 radical (unpaired) electrons. The second-order valence-electron chi connectivity index (χ2n) is 6.23. The fourth-order valence-corrected chi connectivity index (χ4v) is 3.14. The summed E-state index contributed by atoms with van der Waals surface area (Å²) >= 11 is 0. The normalized spacial score (nSPS) is 11.2. The summed E-state index contributed by atoms with van der Waals surface area (Å²) in [7, 11) is 1.83. The molecule has 7 heteroatoms. The Morgan fingerprint density at radius 2 is 1.80 bits per heavy atom. The maximum atomic E-state index is 12.7. The number of amides is 1. The summed E-state index contributed by atoms with van der Waals surface area (Å²) in [5.41, 5.74) is 3.82. The lowest BCUT2D eigenvalue weighted by molar-refractivity contribution is -0.116. The van der Waals surface area contributed by atoms with Crippen molar-refractivity contribution in [2.45, 2.75) is 40.3 Å². The van der Waals surface area contributed by atoms with Gasteiger partial charge >= 0.3 is 5.69 Å². The van der Waals surface area contributed by atoms with E-state index < -0.39 is 0 Å². The highest BCUT2D eigenvalue weighted by atomic mass is 16.2. The van der Waals surface area contributed by atoms with E-state index in [0.29, 0.717) is 12.2 Å². The topological polar surface area (TPSA) is 73.8 Å². The molecule has 132 valence electrons. The Labute approximate surface area is 145 Å². The Morgan fingerprint density at radius 1 is 1.16 bits per heavy atom. The average molecular weight is 341 g/mol. The fourth-order valence-electron chi connectivity index (χ4n) is 3.14. The van der Waals surface area contributed by atoms with Crippen LogP contribution in [0.2, 0.25) is 0 Å². The number of hydrogen-bond acceptors (Lipinski definition) is 3. The number of fused-ring (bicyclic) bond motifs is 1. The largest absolute Gasteiger partial charge is 0.329 e. The van der Waals surface area contributed by atoms with Gasteiger partial charge in [-0.25, -0.2) is 4.79 Å². The second kappa shape index (κ2) is 6.58. The molecule has 3 rings (SSSR count). The van der Waals surface area contributed by atoms with Gasteiger partial charge in [0, 0.05) is 13.6 Å². The Morgan fingerprint density at radius 3 is 2.36 bits per heavy atom. The van der Waals surface area contributed by atoms with Crippen LogP contribution in [0, 0.1) is 13.8 Å². The zero-order valence-corrected chi connectivity index (χ0v) is 15.0. The van der Waals surface area contributed by atoms with Crippen LogP contribution in [0.5, 0.6) is 0 Å². The number of rotatable bonds is 5. The van der Waals surface area contributed by atoms with Crippen molar-refractivity contribution in [2.75, 3.05) is 5.32 Å². The minimum absolute atomic E-state index is 0.0240. The number of anilines is 1. The van der Waals surface area contributed by atoms with E-state index in [2.05, 4.69) is 10.4 Å². The highest BCUT2D eigenvalue weighted by molar-refractivity contribution is 5.92. The van der Waals surface area contributed by atoms with E-state index in [1.165, 1.54) is 4.57 Å². The molecular formula is C18H23N5O2. The van der Waals surface area contributed by atoms with E-state index in [9.17, 15) is 9.59 Å². The molecule has 3 aromatic rings. The lowest BCUT2D eigenvalue weighted by Crippen LogP contribution is -2.29. The van der Waals surface area contributed by atoms with Crippen molar-refractivity contribution in [3.63, 3.8) is 0 Å². The number of benzene rings is 1. The predicted octanol–water partition coefficient (Wildman–Crippen LogP) is 2.20. The summed E-state index contributed by atoms with van der Waals surface area (Å²) in [6.45, 7) is 6.38. The van der Waals surface area contributed by atoms with Crippen LogP contribution >= 0.6 is 0 Å². The minimum atomic E-state index is -0.235. The van der Waals surface area contributed by atoms with Crippen molar-refractivity contribution in [3.8, 4) is 0 Å². The third kappa shape index (κ3) is 2.97. The summed E-state index contributed by atoms with van der Waals surface area (Å²) in [5, 5.41) is 7.19. The lowest BCUT2D eigenvalue weighted by Gasteiger charge is -2.07. The number of para-hydroxylation sites is 2. The van der Waals surface area contributed by atoms with Gasteiger partial charge in [-0.1, -0.05) is 19.1 Å². The van der Waals surface area contributed by atoms with E-state index in [0.717, 1.165) is 28.8 Å². The van der Waals surface area contributed by atoms with Crippen LogP contribution in [0.3, 0.4) is 0 Å². The lowest BCUT2D eigenvalue weighted by atomic mass is 10.3. The maximum absolute atomic E-state index is 12.7. The molecule has 0 aliphatic heterocycles. The number of nitrogens with zero attached hydrogens (tertiary/aromatic N) is 4. The van der Waals surface area contributed by atoms with Crippen molar-refractivity contribution >= 4 is 22.6 Å².